The Morgan fingerprint density at radius 1 is 1.26 bits per heavy atom. The lowest BCUT2D eigenvalue weighted by Gasteiger charge is -2.12. The van der Waals surface area contributed by atoms with Crippen molar-refractivity contribution in [1.29, 1.82) is 0 Å². The Labute approximate surface area is 135 Å². The maximum Gasteiger partial charge on any atom is 0.319 e. The first-order valence-electron chi connectivity index (χ1n) is 7.22. The summed E-state index contributed by atoms with van der Waals surface area (Å²) < 4.78 is 12.2. The molecule has 0 bridgehead atoms. The monoisotopic (exact) mass is 318 g/mol. The van der Waals surface area contributed by atoms with Gasteiger partial charge in [-0.05, 0) is 26.0 Å². The largest absolute Gasteiger partial charge is 0.497 e. The quantitative estimate of drug-likeness (QED) is 0.887. The highest BCUT2D eigenvalue weighted by atomic mass is 16.5. The second kappa shape index (κ2) is 7.04. The highest BCUT2D eigenvalue weighted by Gasteiger charge is 2.12. The first-order chi connectivity index (χ1) is 11.0. The molecule has 0 aliphatic carbocycles. The third-order valence-electron chi connectivity index (χ3n) is 3.74. The van der Waals surface area contributed by atoms with E-state index in [4.69, 9.17) is 9.47 Å². The van der Waals surface area contributed by atoms with Gasteiger partial charge < -0.3 is 20.1 Å². The summed E-state index contributed by atoms with van der Waals surface area (Å²) in [5.74, 6) is 1.20. The van der Waals surface area contributed by atoms with E-state index in [1.807, 2.05) is 20.9 Å². The van der Waals surface area contributed by atoms with Gasteiger partial charge >= 0.3 is 6.03 Å². The van der Waals surface area contributed by atoms with Crippen LogP contribution >= 0.6 is 0 Å². The van der Waals surface area contributed by atoms with E-state index in [-0.39, 0.29) is 6.03 Å². The lowest BCUT2D eigenvalue weighted by Crippen LogP contribution is -2.28. The van der Waals surface area contributed by atoms with Crippen LogP contribution in [0.2, 0.25) is 0 Å². The maximum atomic E-state index is 12.1. The summed E-state index contributed by atoms with van der Waals surface area (Å²) in [6.45, 7) is 4.30. The van der Waals surface area contributed by atoms with Crippen LogP contribution in [0.5, 0.6) is 11.5 Å². The van der Waals surface area contributed by atoms with Gasteiger partial charge in [0.05, 0.1) is 25.6 Å². The molecule has 0 aliphatic heterocycles. The Morgan fingerprint density at radius 2 is 2.00 bits per heavy atom. The minimum atomic E-state index is -0.320. The van der Waals surface area contributed by atoms with E-state index >= 15 is 0 Å². The zero-order valence-corrected chi connectivity index (χ0v) is 14.1. The van der Waals surface area contributed by atoms with Crippen LogP contribution in [0.1, 0.15) is 17.0 Å². The number of benzene rings is 1. The number of rotatable bonds is 5. The van der Waals surface area contributed by atoms with Crippen LogP contribution in [0.25, 0.3) is 0 Å². The fraction of sp³-hybridized carbons (Fsp3) is 0.375. The molecule has 2 amide bonds. The molecule has 7 heteroatoms. The molecule has 7 nitrogen and oxygen atoms in total. The Kier molecular flexibility index (Phi) is 5.10. The standard InChI is InChI=1S/C16H22N4O3/c1-10-13(11(2)20(3)19-10)9-17-16(21)18-14-8-12(22-4)6-7-15(14)23-5/h6-8H,9H2,1-5H3,(H2,17,18,21). The van der Waals surface area contributed by atoms with Gasteiger partial charge in [-0.15, -0.1) is 0 Å². The van der Waals surface area contributed by atoms with Crippen molar-refractivity contribution in [1.82, 2.24) is 15.1 Å². The van der Waals surface area contributed by atoms with E-state index in [1.54, 1.807) is 37.1 Å². The molecule has 0 atom stereocenters. The third kappa shape index (κ3) is 3.74. The normalized spacial score (nSPS) is 10.3. The van der Waals surface area contributed by atoms with Crippen LogP contribution in [-0.4, -0.2) is 30.0 Å². The molecule has 1 aromatic carbocycles. The summed E-state index contributed by atoms with van der Waals surface area (Å²) in [6.07, 6.45) is 0. The van der Waals surface area contributed by atoms with Crippen molar-refractivity contribution < 1.29 is 14.3 Å². The first kappa shape index (κ1) is 16.7. The minimum absolute atomic E-state index is 0.320. The number of hydrogen-bond acceptors (Lipinski definition) is 4. The fourth-order valence-electron chi connectivity index (χ4n) is 2.32. The summed E-state index contributed by atoms with van der Waals surface area (Å²) in [6, 6.07) is 4.90. The molecule has 0 spiro atoms. The molecule has 23 heavy (non-hydrogen) atoms. The van der Waals surface area contributed by atoms with Crippen molar-refractivity contribution in [2.24, 2.45) is 7.05 Å². The van der Waals surface area contributed by atoms with Gasteiger partial charge in [-0.3, -0.25) is 4.68 Å². The van der Waals surface area contributed by atoms with Crippen LogP contribution in [0.4, 0.5) is 10.5 Å². The lowest BCUT2D eigenvalue weighted by molar-refractivity contribution is 0.251. The molecule has 0 saturated carbocycles. The molecule has 0 aliphatic rings. The van der Waals surface area contributed by atoms with Gasteiger partial charge in [-0.1, -0.05) is 0 Å². The number of aromatic nitrogens is 2. The van der Waals surface area contributed by atoms with E-state index in [0.717, 1.165) is 17.0 Å². The molecule has 1 aromatic heterocycles. The van der Waals surface area contributed by atoms with Crippen molar-refractivity contribution in [3.63, 3.8) is 0 Å². The Balaban J connectivity index is 2.05. The molecule has 124 valence electrons. The zero-order chi connectivity index (χ0) is 17.0. The predicted octanol–water partition coefficient (Wildman–Crippen LogP) is 2.38. The number of urea groups is 1. The number of carbonyl (C=O) groups excluding carboxylic acids is 1. The minimum Gasteiger partial charge on any atom is -0.497 e. The number of ether oxygens (including phenoxy) is 2. The number of hydrogen-bond donors (Lipinski definition) is 2. The average molecular weight is 318 g/mol. The zero-order valence-electron chi connectivity index (χ0n) is 14.1. The van der Waals surface area contributed by atoms with E-state index in [1.165, 1.54) is 0 Å². The van der Waals surface area contributed by atoms with Gasteiger partial charge in [0, 0.05) is 30.9 Å². The molecule has 1 heterocycles. The molecular formula is C16H22N4O3. The number of nitrogens with zero attached hydrogens (tertiary/aromatic N) is 2. The summed E-state index contributed by atoms with van der Waals surface area (Å²) in [4.78, 5) is 12.1. The lowest BCUT2D eigenvalue weighted by atomic mass is 10.2. The van der Waals surface area contributed by atoms with Crippen LogP contribution in [0.3, 0.4) is 0 Å². The van der Waals surface area contributed by atoms with Crippen molar-refractivity contribution in [2.75, 3.05) is 19.5 Å². The SMILES string of the molecule is COc1ccc(OC)c(NC(=O)NCc2c(C)nn(C)c2C)c1. The predicted molar refractivity (Wildman–Crippen MR) is 88.1 cm³/mol. The average Bonchev–Trinajstić information content (AvgIpc) is 2.78. The third-order valence-corrected chi connectivity index (χ3v) is 3.74. The van der Waals surface area contributed by atoms with Gasteiger partial charge in [-0.2, -0.15) is 5.10 Å². The molecule has 0 unspecified atom stereocenters. The van der Waals surface area contributed by atoms with Crippen LogP contribution < -0.4 is 20.1 Å². The van der Waals surface area contributed by atoms with Crippen LogP contribution in [0, 0.1) is 13.8 Å². The Morgan fingerprint density at radius 3 is 2.57 bits per heavy atom. The highest BCUT2D eigenvalue weighted by molar-refractivity contribution is 5.91. The molecule has 2 rings (SSSR count). The van der Waals surface area contributed by atoms with Gasteiger partial charge in [0.15, 0.2) is 0 Å². The van der Waals surface area contributed by atoms with E-state index in [2.05, 4.69) is 15.7 Å². The number of nitrogens with one attached hydrogen (secondary N) is 2. The molecule has 2 N–H and O–H groups in total. The Bertz CT molecular complexity index is 710. The number of anilines is 1. The summed E-state index contributed by atoms with van der Waals surface area (Å²) >= 11 is 0. The van der Waals surface area contributed by atoms with Gasteiger partial charge in [0.2, 0.25) is 0 Å². The Hall–Kier alpha value is -2.70. The molecule has 2 aromatic rings. The number of aryl methyl sites for hydroxylation is 2. The molecule has 0 saturated heterocycles. The smallest absolute Gasteiger partial charge is 0.319 e. The second-order valence-electron chi connectivity index (χ2n) is 5.15. The van der Waals surface area contributed by atoms with E-state index < -0.39 is 0 Å². The summed E-state index contributed by atoms with van der Waals surface area (Å²) in [7, 11) is 5.00. The van der Waals surface area contributed by atoms with Crippen LogP contribution in [-0.2, 0) is 13.6 Å². The van der Waals surface area contributed by atoms with E-state index in [9.17, 15) is 4.79 Å². The van der Waals surface area contributed by atoms with Crippen molar-refractivity contribution in [2.45, 2.75) is 20.4 Å². The van der Waals surface area contributed by atoms with Gasteiger partial charge in [-0.25, -0.2) is 4.79 Å². The topological polar surface area (TPSA) is 77.4 Å². The van der Waals surface area contributed by atoms with E-state index in [0.29, 0.717) is 23.7 Å². The molecule has 0 radical (unpaired) electrons. The van der Waals surface area contributed by atoms with Gasteiger partial charge in [0.1, 0.15) is 11.5 Å². The number of carbonyl (C=O) groups is 1. The van der Waals surface area contributed by atoms with Crippen LogP contribution in [0.15, 0.2) is 18.2 Å². The van der Waals surface area contributed by atoms with Crippen molar-refractivity contribution in [3.8, 4) is 11.5 Å². The summed E-state index contributed by atoms with van der Waals surface area (Å²) in [5.41, 5.74) is 3.50. The highest BCUT2D eigenvalue weighted by Crippen LogP contribution is 2.28. The maximum absolute atomic E-state index is 12.1. The second-order valence-corrected chi connectivity index (χ2v) is 5.15. The van der Waals surface area contributed by atoms with Crippen molar-refractivity contribution in [3.05, 3.63) is 35.2 Å². The van der Waals surface area contributed by atoms with Crippen molar-refractivity contribution >= 4 is 11.7 Å². The van der Waals surface area contributed by atoms with Gasteiger partial charge in [0.25, 0.3) is 0 Å². The molecule has 0 fully saturated rings. The summed E-state index contributed by atoms with van der Waals surface area (Å²) in [5, 5.41) is 9.93. The first-order valence-corrected chi connectivity index (χ1v) is 7.22. The number of methoxy groups -OCH3 is 2. The molecular weight excluding hydrogens is 296 g/mol. The number of amides is 2. The fourth-order valence-corrected chi connectivity index (χ4v) is 2.32.